The Bertz CT molecular complexity index is 470. The normalized spacial score (nSPS) is 17.9. The van der Waals surface area contributed by atoms with Crippen LogP contribution in [0.25, 0.3) is 0 Å². The third-order valence-corrected chi connectivity index (χ3v) is 3.08. The highest BCUT2D eigenvalue weighted by atomic mass is 16.5. The predicted molar refractivity (Wildman–Crippen MR) is 72.7 cm³/mol. The summed E-state index contributed by atoms with van der Waals surface area (Å²) in [6.07, 6.45) is 2.36. The molecule has 0 spiro atoms. The molecule has 1 fully saturated rings. The molecule has 100 valence electrons. The van der Waals surface area contributed by atoms with E-state index < -0.39 is 0 Å². The van der Waals surface area contributed by atoms with Gasteiger partial charge < -0.3 is 9.64 Å². The van der Waals surface area contributed by atoms with E-state index in [4.69, 9.17) is 4.74 Å². The van der Waals surface area contributed by atoms with Gasteiger partial charge in [-0.2, -0.15) is 0 Å². The molecule has 0 radical (unpaired) electrons. The van der Waals surface area contributed by atoms with Crippen LogP contribution >= 0.6 is 0 Å². The fourth-order valence-corrected chi connectivity index (χ4v) is 2.14. The standard InChI is InChI=1S/C15H17NO3/c1-2-8-16(13-6-4-3-5-7-13)14(17)9-12-10-15(18)19-11-12/h2-7,12H,1,8-11H2/t12-/m0/s1. The van der Waals surface area contributed by atoms with Gasteiger partial charge in [0.05, 0.1) is 13.0 Å². The first-order valence-corrected chi connectivity index (χ1v) is 6.32. The molecular weight excluding hydrogens is 242 g/mol. The molecule has 0 bridgehead atoms. The smallest absolute Gasteiger partial charge is 0.306 e. The molecular formula is C15H17NO3. The molecule has 1 heterocycles. The van der Waals surface area contributed by atoms with E-state index in [1.807, 2.05) is 30.3 Å². The first-order chi connectivity index (χ1) is 9.20. The number of carbonyl (C=O) groups is 2. The maximum absolute atomic E-state index is 12.3. The van der Waals surface area contributed by atoms with E-state index in [0.717, 1.165) is 5.69 Å². The zero-order valence-corrected chi connectivity index (χ0v) is 10.7. The lowest BCUT2D eigenvalue weighted by atomic mass is 10.0. The average molecular weight is 259 g/mol. The molecule has 4 nitrogen and oxygen atoms in total. The zero-order chi connectivity index (χ0) is 13.7. The summed E-state index contributed by atoms with van der Waals surface area (Å²) in [5, 5.41) is 0. The number of nitrogens with zero attached hydrogens (tertiary/aromatic N) is 1. The molecule has 1 aromatic rings. The minimum atomic E-state index is -0.215. The Morgan fingerprint density at radius 2 is 2.16 bits per heavy atom. The van der Waals surface area contributed by atoms with E-state index in [-0.39, 0.29) is 17.8 Å². The summed E-state index contributed by atoms with van der Waals surface area (Å²) in [7, 11) is 0. The number of rotatable bonds is 5. The fourth-order valence-electron chi connectivity index (χ4n) is 2.14. The van der Waals surface area contributed by atoms with Crippen molar-refractivity contribution in [3.63, 3.8) is 0 Å². The molecule has 4 heteroatoms. The minimum Gasteiger partial charge on any atom is -0.465 e. The Morgan fingerprint density at radius 3 is 2.74 bits per heavy atom. The summed E-state index contributed by atoms with van der Waals surface area (Å²) in [6, 6.07) is 9.46. The molecule has 1 aromatic carbocycles. The number of benzene rings is 1. The molecule has 1 saturated heterocycles. The Morgan fingerprint density at radius 1 is 1.42 bits per heavy atom. The summed E-state index contributed by atoms with van der Waals surface area (Å²) in [5.74, 6) is -0.224. The molecule has 1 aliphatic heterocycles. The molecule has 0 unspecified atom stereocenters. The van der Waals surface area contributed by atoms with Gasteiger partial charge in [0.15, 0.2) is 0 Å². The summed E-state index contributed by atoms with van der Waals surface area (Å²) < 4.78 is 4.88. The molecule has 2 rings (SSSR count). The Labute approximate surface area is 112 Å². The highest BCUT2D eigenvalue weighted by Crippen LogP contribution is 2.21. The first-order valence-electron chi connectivity index (χ1n) is 6.32. The molecule has 0 aliphatic carbocycles. The van der Waals surface area contributed by atoms with Gasteiger partial charge >= 0.3 is 5.97 Å². The fraction of sp³-hybridized carbons (Fsp3) is 0.333. The van der Waals surface area contributed by atoms with Crippen LogP contribution in [0.3, 0.4) is 0 Å². The second-order valence-electron chi connectivity index (χ2n) is 4.59. The van der Waals surface area contributed by atoms with Gasteiger partial charge in [0.2, 0.25) is 5.91 Å². The van der Waals surface area contributed by atoms with Crippen molar-refractivity contribution in [2.24, 2.45) is 5.92 Å². The van der Waals surface area contributed by atoms with Gasteiger partial charge in [0, 0.05) is 24.6 Å². The molecule has 19 heavy (non-hydrogen) atoms. The van der Waals surface area contributed by atoms with E-state index >= 15 is 0 Å². The number of anilines is 1. The molecule has 0 saturated carbocycles. The van der Waals surface area contributed by atoms with Crippen LogP contribution in [0.5, 0.6) is 0 Å². The maximum atomic E-state index is 12.3. The quantitative estimate of drug-likeness (QED) is 0.601. The second kappa shape index (κ2) is 6.18. The van der Waals surface area contributed by atoms with Crippen LogP contribution in [0.2, 0.25) is 0 Å². The van der Waals surface area contributed by atoms with Crippen molar-refractivity contribution in [2.75, 3.05) is 18.1 Å². The number of esters is 1. The summed E-state index contributed by atoms with van der Waals surface area (Å²) >= 11 is 0. The predicted octanol–water partition coefficient (Wildman–Crippen LogP) is 2.16. The van der Waals surface area contributed by atoms with Gasteiger partial charge in [-0.15, -0.1) is 6.58 Å². The van der Waals surface area contributed by atoms with Gasteiger partial charge in [-0.05, 0) is 12.1 Å². The summed E-state index contributed by atoms with van der Waals surface area (Å²) in [6.45, 7) is 4.49. The Kier molecular flexibility index (Phi) is 4.34. The van der Waals surface area contributed by atoms with Crippen molar-refractivity contribution in [1.29, 1.82) is 0 Å². The average Bonchev–Trinajstić information content (AvgIpc) is 2.82. The largest absolute Gasteiger partial charge is 0.465 e. The summed E-state index contributed by atoms with van der Waals surface area (Å²) in [5.41, 5.74) is 0.845. The molecule has 1 amide bonds. The Balaban J connectivity index is 2.04. The van der Waals surface area contributed by atoms with Crippen molar-refractivity contribution in [2.45, 2.75) is 12.8 Å². The van der Waals surface area contributed by atoms with Gasteiger partial charge in [0.1, 0.15) is 0 Å². The van der Waals surface area contributed by atoms with Crippen molar-refractivity contribution in [1.82, 2.24) is 0 Å². The van der Waals surface area contributed by atoms with Crippen molar-refractivity contribution in [3.8, 4) is 0 Å². The number of ether oxygens (including phenoxy) is 1. The first kappa shape index (κ1) is 13.3. The van der Waals surface area contributed by atoms with E-state index in [9.17, 15) is 9.59 Å². The lowest BCUT2D eigenvalue weighted by Crippen LogP contribution is -2.32. The van der Waals surface area contributed by atoms with Crippen molar-refractivity contribution < 1.29 is 14.3 Å². The maximum Gasteiger partial charge on any atom is 0.306 e. The van der Waals surface area contributed by atoms with Crippen LogP contribution in [0.15, 0.2) is 43.0 Å². The van der Waals surface area contributed by atoms with E-state index in [2.05, 4.69) is 6.58 Å². The molecule has 0 aromatic heterocycles. The second-order valence-corrected chi connectivity index (χ2v) is 4.59. The van der Waals surface area contributed by atoms with Crippen molar-refractivity contribution >= 4 is 17.6 Å². The topological polar surface area (TPSA) is 46.6 Å². The zero-order valence-electron chi connectivity index (χ0n) is 10.7. The van der Waals surface area contributed by atoms with E-state index in [0.29, 0.717) is 26.0 Å². The van der Waals surface area contributed by atoms with E-state index in [1.165, 1.54) is 0 Å². The number of para-hydroxylation sites is 1. The SMILES string of the molecule is C=CCN(C(=O)C[C@@H]1COC(=O)C1)c1ccccc1. The van der Waals surface area contributed by atoms with Gasteiger partial charge in [0.25, 0.3) is 0 Å². The molecule has 1 aliphatic rings. The van der Waals surface area contributed by atoms with Crippen LogP contribution in [0.4, 0.5) is 5.69 Å². The van der Waals surface area contributed by atoms with Crippen molar-refractivity contribution in [3.05, 3.63) is 43.0 Å². The van der Waals surface area contributed by atoms with E-state index in [1.54, 1.807) is 11.0 Å². The monoisotopic (exact) mass is 259 g/mol. The minimum absolute atomic E-state index is 0.00368. The van der Waals surface area contributed by atoms with Crippen LogP contribution < -0.4 is 4.90 Å². The highest BCUT2D eigenvalue weighted by molar-refractivity contribution is 5.94. The van der Waals surface area contributed by atoms with Crippen LogP contribution in [-0.4, -0.2) is 25.0 Å². The molecule has 0 N–H and O–H groups in total. The number of carbonyl (C=O) groups excluding carboxylic acids is 2. The third-order valence-electron chi connectivity index (χ3n) is 3.08. The summed E-state index contributed by atoms with van der Waals surface area (Å²) in [4.78, 5) is 25.0. The lowest BCUT2D eigenvalue weighted by Gasteiger charge is -2.22. The number of cyclic esters (lactones) is 1. The lowest BCUT2D eigenvalue weighted by molar-refractivity contribution is -0.138. The van der Waals surface area contributed by atoms with Crippen LogP contribution in [0, 0.1) is 5.92 Å². The van der Waals surface area contributed by atoms with Gasteiger partial charge in [-0.1, -0.05) is 24.3 Å². The Hall–Kier alpha value is -2.10. The van der Waals surface area contributed by atoms with Crippen LogP contribution in [0.1, 0.15) is 12.8 Å². The number of hydrogen-bond donors (Lipinski definition) is 0. The highest BCUT2D eigenvalue weighted by Gasteiger charge is 2.27. The molecule has 1 atom stereocenters. The van der Waals surface area contributed by atoms with Crippen LogP contribution in [-0.2, 0) is 14.3 Å². The van der Waals surface area contributed by atoms with Gasteiger partial charge in [-0.3, -0.25) is 9.59 Å². The third kappa shape index (κ3) is 3.44. The van der Waals surface area contributed by atoms with Gasteiger partial charge in [-0.25, -0.2) is 0 Å². The number of amides is 1. The number of hydrogen-bond acceptors (Lipinski definition) is 3.